The first kappa shape index (κ1) is 28.9. The standard InChI is InChI=1S/C25H29N5O6S2/c1-6-30-21(16-9-11-17(12-10-16)26-15(5)31)28-29-25(30)37-13-18(32)27-22-19(23(33)35-7-2)14(4)20(38-22)24(34)36-8-3/h9-12H,6-8,13H2,1-5H3,(H,26,31)(H,27,32). The molecule has 38 heavy (non-hydrogen) atoms. The number of thioether (sulfide) groups is 1. The Balaban J connectivity index is 1.75. The molecule has 0 unspecified atom stereocenters. The summed E-state index contributed by atoms with van der Waals surface area (Å²) in [5.74, 6) is -1.11. The smallest absolute Gasteiger partial charge is 0.348 e. The number of carbonyl (C=O) groups is 4. The summed E-state index contributed by atoms with van der Waals surface area (Å²) in [5, 5.41) is 14.7. The molecule has 2 amide bonds. The Morgan fingerprint density at radius 1 is 0.974 bits per heavy atom. The van der Waals surface area contributed by atoms with Crippen LogP contribution in [-0.4, -0.2) is 57.5 Å². The van der Waals surface area contributed by atoms with Crippen LogP contribution in [-0.2, 0) is 25.6 Å². The van der Waals surface area contributed by atoms with E-state index in [0.29, 0.717) is 28.8 Å². The van der Waals surface area contributed by atoms with Crippen molar-refractivity contribution < 1.29 is 28.7 Å². The number of anilines is 2. The Kier molecular flexibility index (Phi) is 10.0. The molecule has 202 valence electrons. The monoisotopic (exact) mass is 559 g/mol. The first-order chi connectivity index (χ1) is 18.2. The van der Waals surface area contributed by atoms with E-state index in [0.717, 1.165) is 16.9 Å². The van der Waals surface area contributed by atoms with E-state index in [1.807, 2.05) is 23.6 Å². The highest BCUT2D eigenvalue weighted by molar-refractivity contribution is 7.99. The molecular formula is C25H29N5O6S2. The van der Waals surface area contributed by atoms with Gasteiger partial charge in [0.15, 0.2) is 11.0 Å². The second-order valence-corrected chi connectivity index (χ2v) is 9.81. The zero-order valence-corrected chi connectivity index (χ0v) is 23.4. The summed E-state index contributed by atoms with van der Waals surface area (Å²) in [6.07, 6.45) is 0. The van der Waals surface area contributed by atoms with Gasteiger partial charge in [0, 0.05) is 24.7 Å². The fraction of sp³-hybridized carbons (Fsp3) is 0.360. The van der Waals surface area contributed by atoms with Crippen LogP contribution in [0, 0.1) is 6.92 Å². The number of thiophene rings is 1. The van der Waals surface area contributed by atoms with Gasteiger partial charge in [-0.2, -0.15) is 0 Å². The molecule has 2 N–H and O–H groups in total. The molecule has 11 nitrogen and oxygen atoms in total. The molecule has 1 aromatic carbocycles. The minimum atomic E-state index is -0.625. The number of amides is 2. The highest BCUT2D eigenvalue weighted by Crippen LogP contribution is 2.35. The second kappa shape index (κ2) is 13.2. The van der Waals surface area contributed by atoms with Crippen LogP contribution in [0.5, 0.6) is 0 Å². The lowest BCUT2D eigenvalue weighted by Gasteiger charge is -2.09. The Morgan fingerprint density at radius 2 is 1.63 bits per heavy atom. The number of hydrogen-bond donors (Lipinski definition) is 2. The summed E-state index contributed by atoms with van der Waals surface area (Å²) in [4.78, 5) is 49.3. The molecule has 3 rings (SSSR count). The molecule has 0 aliphatic heterocycles. The fourth-order valence-electron chi connectivity index (χ4n) is 3.53. The van der Waals surface area contributed by atoms with Gasteiger partial charge in [0.2, 0.25) is 11.8 Å². The molecule has 0 saturated carbocycles. The van der Waals surface area contributed by atoms with Gasteiger partial charge in [-0.1, -0.05) is 11.8 Å². The lowest BCUT2D eigenvalue weighted by Crippen LogP contribution is -2.17. The molecule has 13 heteroatoms. The number of benzene rings is 1. The van der Waals surface area contributed by atoms with Crippen molar-refractivity contribution in [3.63, 3.8) is 0 Å². The summed E-state index contributed by atoms with van der Waals surface area (Å²) in [7, 11) is 0. The topological polar surface area (TPSA) is 142 Å². The van der Waals surface area contributed by atoms with E-state index < -0.39 is 11.9 Å². The van der Waals surface area contributed by atoms with Gasteiger partial charge in [0.05, 0.1) is 24.5 Å². The molecule has 3 aromatic rings. The number of esters is 2. The maximum atomic E-state index is 12.9. The van der Waals surface area contributed by atoms with Crippen molar-refractivity contribution in [1.82, 2.24) is 14.8 Å². The van der Waals surface area contributed by atoms with Crippen LogP contribution < -0.4 is 10.6 Å². The van der Waals surface area contributed by atoms with Gasteiger partial charge < -0.3 is 24.7 Å². The van der Waals surface area contributed by atoms with Gasteiger partial charge in [0.25, 0.3) is 0 Å². The lowest BCUT2D eigenvalue weighted by atomic mass is 10.1. The fourth-order valence-corrected chi connectivity index (χ4v) is 5.44. The lowest BCUT2D eigenvalue weighted by molar-refractivity contribution is -0.114. The predicted octanol–water partition coefficient (Wildman–Crippen LogP) is 4.38. The number of hydrogen-bond acceptors (Lipinski definition) is 10. The summed E-state index contributed by atoms with van der Waals surface area (Å²) in [6.45, 7) is 9.27. The predicted molar refractivity (Wildman–Crippen MR) is 146 cm³/mol. The van der Waals surface area contributed by atoms with E-state index in [1.165, 1.54) is 18.7 Å². The van der Waals surface area contributed by atoms with E-state index in [1.54, 1.807) is 32.9 Å². The van der Waals surface area contributed by atoms with E-state index in [2.05, 4.69) is 20.8 Å². The van der Waals surface area contributed by atoms with Crippen LogP contribution in [0.2, 0.25) is 0 Å². The average Bonchev–Trinajstić information content (AvgIpc) is 3.43. The summed E-state index contributed by atoms with van der Waals surface area (Å²) in [5.41, 5.74) is 2.02. The second-order valence-electron chi connectivity index (χ2n) is 7.85. The van der Waals surface area contributed by atoms with E-state index in [9.17, 15) is 19.2 Å². The Hall–Kier alpha value is -3.71. The number of carbonyl (C=O) groups excluding carboxylic acids is 4. The van der Waals surface area contributed by atoms with Gasteiger partial charge in [-0.3, -0.25) is 9.59 Å². The van der Waals surface area contributed by atoms with Gasteiger partial charge in [-0.05, 0) is 57.5 Å². The Labute approximate surface area is 228 Å². The van der Waals surface area contributed by atoms with Gasteiger partial charge in [0.1, 0.15) is 9.88 Å². The number of ether oxygens (including phenoxy) is 2. The molecule has 0 aliphatic carbocycles. The largest absolute Gasteiger partial charge is 0.462 e. The van der Waals surface area contributed by atoms with Gasteiger partial charge in [-0.15, -0.1) is 21.5 Å². The highest BCUT2D eigenvalue weighted by atomic mass is 32.2. The molecule has 0 radical (unpaired) electrons. The molecule has 0 saturated heterocycles. The maximum Gasteiger partial charge on any atom is 0.348 e. The third-order valence-corrected chi connectivity index (χ3v) is 7.32. The quantitative estimate of drug-likeness (QED) is 0.259. The van der Waals surface area contributed by atoms with Crippen molar-refractivity contribution in [3.05, 3.63) is 40.3 Å². The third-order valence-electron chi connectivity index (χ3n) is 5.17. The normalized spacial score (nSPS) is 10.7. The summed E-state index contributed by atoms with van der Waals surface area (Å²) < 4.78 is 12.1. The van der Waals surface area contributed by atoms with E-state index in [4.69, 9.17) is 9.47 Å². The SMILES string of the molecule is CCOC(=O)c1sc(NC(=O)CSc2nnc(-c3ccc(NC(C)=O)cc3)n2CC)c(C(=O)OCC)c1C. The Bertz CT molecular complexity index is 1330. The van der Waals surface area contributed by atoms with E-state index >= 15 is 0 Å². The average molecular weight is 560 g/mol. The van der Waals surface area contributed by atoms with Crippen LogP contribution >= 0.6 is 23.1 Å². The Morgan fingerprint density at radius 3 is 2.24 bits per heavy atom. The molecule has 0 aliphatic rings. The van der Waals surface area contributed by atoms with Crippen LogP contribution in [0.15, 0.2) is 29.4 Å². The van der Waals surface area contributed by atoms with Crippen molar-refractivity contribution in [2.24, 2.45) is 0 Å². The van der Waals surface area contributed by atoms with Crippen molar-refractivity contribution in [1.29, 1.82) is 0 Å². The molecule has 0 fully saturated rings. The zero-order chi connectivity index (χ0) is 27.8. The highest BCUT2D eigenvalue weighted by Gasteiger charge is 2.27. The maximum absolute atomic E-state index is 12.9. The molecule has 0 atom stereocenters. The number of nitrogens with one attached hydrogen (secondary N) is 2. The molecule has 0 bridgehead atoms. The van der Waals surface area contributed by atoms with Crippen molar-refractivity contribution in [3.8, 4) is 11.4 Å². The molecule has 2 aromatic heterocycles. The summed E-state index contributed by atoms with van der Waals surface area (Å²) in [6, 6.07) is 7.22. The van der Waals surface area contributed by atoms with Crippen LogP contribution in [0.25, 0.3) is 11.4 Å². The molecular weight excluding hydrogens is 530 g/mol. The van der Waals surface area contributed by atoms with Crippen molar-refractivity contribution in [2.75, 3.05) is 29.6 Å². The molecule has 0 spiro atoms. The molecule has 2 heterocycles. The number of nitrogens with zero attached hydrogens (tertiary/aromatic N) is 3. The number of aromatic nitrogens is 3. The minimum Gasteiger partial charge on any atom is -0.462 e. The van der Waals surface area contributed by atoms with Crippen LogP contribution in [0.1, 0.15) is 53.3 Å². The van der Waals surface area contributed by atoms with Crippen molar-refractivity contribution in [2.45, 2.75) is 46.3 Å². The van der Waals surface area contributed by atoms with Gasteiger partial charge >= 0.3 is 11.9 Å². The third kappa shape index (κ3) is 6.78. The first-order valence-corrected chi connectivity index (χ1v) is 13.7. The zero-order valence-electron chi connectivity index (χ0n) is 21.7. The van der Waals surface area contributed by atoms with Crippen molar-refractivity contribution >= 4 is 57.5 Å². The number of rotatable bonds is 11. The first-order valence-electron chi connectivity index (χ1n) is 11.9. The minimum absolute atomic E-state index is 0.00639. The van der Waals surface area contributed by atoms with Crippen LogP contribution in [0.3, 0.4) is 0 Å². The van der Waals surface area contributed by atoms with E-state index in [-0.39, 0.29) is 46.2 Å². The van der Waals surface area contributed by atoms with Gasteiger partial charge in [-0.25, -0.2) is 9.59 Å². The summed E-state index contributed by atoms with van der Waals surface area (Å²) >= 11 is 2.17. The van der Waals surface area contributed by atoms with Crippen LogP contribution in [0.4, 0.5) is 10.7 Å².